The molecular formula is C30H39Cl2N3O4. The highest BCUT2D eigenvalue weighted by molar-refractivity contribution is 6.42. The van der Waals surface area contributed by atoms with Gasteiger partial charge in [-0.15, -0.1) is 0 Å². The third-order valence-corrected chi connectivity index (χ3v) is 9.16. The van der Waals surface area contributed by atoms with Crippen molar-refractivity contribution in [2.24, 2.45) is 11.3 Å². The molecule has 3 N–H and O–H groups in total. The molecule has 0 bridgehead atoms. The van der Waals surface area contributed by atoms with Crippen molar-refractivity contribution < 1.29 is 19.8 Å². The molecular weight excluding hydrogens is 537 g/mol. The van der Waals surface area contributed by atoms with Gasteiger partial charge in [-0.1, -0.05) is 62.2 Å². The number of carboxylic acids is 1. The molecule has 2 fully saturated rings. The number of rotatable bonds is 8. The zero-order valence-electron chi connectivity index (χ0n) is 22.9. The van der Waals surface area contributed by atoms with Crippen molar-refractivity contribution >= 4 is 35.1 Å². The van der Waals surface area contributed by atoms with Crippen molar-refractivity contribution in [3.8, 4) is 0 Å². The Morgan fingerprint density at radius 3 is 2.23 bits per heavy atom. The summed E-state index contributed by atoms with van der Waals surface area (Å²) < 4.78 is 0. The van der Waals surface area contributed by atoms with E-state index in [0.717, 1.165) is 43.4 Å². The summed E-state index contributed by atoms with van der Waals surface area (Å²) in [4.78, 5) is 27.4. The lowest BCUT2D eigenvalue weighted by atomic mass is 9.67. The van der Waals surface area contributed by atoms with Gasteiger partial charge in [-0.3, -0.25) is 19.4 Å². The fourth-order valence-electron chi connectivity index (χ4n) is 6.06. The van der Waals surface area contributed by atoms with E-state index in [2.05, 4.69) is 35.9 Å². The molecule has 4 rings (SSSR count). The fourth-order valence-corrected chi connectivity index (χ4v) is 6.38. The van der Waals surface area contributed by atoms with Gasteiger partial charge in [0.25, 0.3) is 5.91 Å². The summed E-state index contributed by atoms with van der Waals surface area (Å²) in [6.07, 6.45) is 3.37. The van der Waals surface area contributed by atoms with Crippen LogP contribution < -0.4 is 5.32 Å². The molecule has 2 aromatic rings. The second kappa shape index (κ2) is 12.1. The highest BCUT2D eigenvalue weighted by atomic mass is 35.5. The van der Waals surface area contributed by atoms with Gasteiger partial charge in [-0.2, -0.15) is 0 Å². The van der Waals surface area contributed by atoms with Crippen LogP contribution in [0.1, 0.15) is 74.4 Å². The second-order valence-electron chi connectivity index (χ2n) is 12.1. The third-order valence-electron chi connectivity index (χ3n) is 8.42. The van der Waals surface area contributed by atoms with E-state index in [9.17, 15) is 14.7 Å². The molecule has 1 heterocycles. The molecule has 212 valence electrons. The van der Waals surface area contributed by atoms with Gasteiger partial charge < -0.3 is 15.5 Å². The standard InChI is InChI=1S/C30H39Cl2N3O4/c1-29(2,3)23-10-13-30(14-11-23)19-34(17-21-6-9-24(31)25(32)16-21)28(39)35(30)18-20-4-7-22(8-5-20)27(38)33-15-12-26(36)37/h4-9,16,23,28,39H,10-15,17-19H2,1-3H3,(H,33,38)(H,36,37). The molecule has 0 aromatic heterocycles. The number of aliphatic hydroxyl groups is 1. The van der Waals surface area contributed by atoms with Crippen LogP contribution in [0, 0.1) is 11.3 Å². The maximum atomic E-state index is 12.4. The Balaban J connectivity index is 1.51. The summed E-state index contributed by atoms with van der Waals surface area (Å²) in [5.74, 6) is -0.604. The van der Waals surface area contributed by atoms with E-state index in [4.69, 9.17) is 28.3 Å². The highest BCUT2D eigenvalue weighted by Crippen LogP contribution is 2.47. The lowest BCUT2D eigenvalue weighted by Gasteiger charge is -2.46. The number of hydrogen-bond donors (Lipinski definition) is 3. The van der Waals surface area contributed by atoms with Crippen LogP contribution >= 0.6 is 23.2 Å². The van der Waals surface area contributed by atoms with E-state index in [0.29, 0.717) is 34.6 Å². The van der Waals surface area contributed by atoms with Crippen molar-refractivity contribution in [1.29, 1.82) is 0 Å². The van der Waals surface area contributed by atoms with Gasteiger partial charge in [0.15, 0.2) is 6.35 Å². The minimum Gasteiger partial charge on any atom is -0.481 e. The van der Waals surface area contributed by atoms with Gasteiger partial charge in [0.1, 0.15) is 0 Å². The number of aliphatic hydroxyl groups excluding tert-OH is 1. The molecule has 1 atom stereocenters. The molecule has 1 aliphatic heterocycles. The van der Waals surface area contributed by atoms with Crippen molar-refractivity contribution in [3.05, 3.63) is 69.2 Å². The number of halogens is 2. The Morgan fingerprint density at radius 2 is 1.64 bits per heavy atom. The van der Waals surface area contributed by atoms with Crippen LogP contribution in [0.25, 0.3) is 0 Å². The lowest BCUT2D eigenvalue weighted by Crippen LogP contribution is -2.51. The van der Waals surface area contributed by atoms with E-state index in [1.807, 2.05) is 24.3 Å². The first-order valence-corrected chi connectivity index (χ1v) is 14.4. The van der Waals surface area contributed by atoms with Crippen LogP contribution in [0.5, 0.6) is 0 Å². The molecule has 7 nitrogen and oxygen atoms in total. The Bertz CT molecular complexity index is 1170. The summed E-state index contributed by atoms with van der Waals surface area (Å²) in [5.41, 5.74) is 2.59. The third kappa shape index (κ3) is 7.14. The Kier molecular flexibility index (Phi) is 9.29. The van der Waals surface area contributed by atoms with Crippen molar-refractivity contribution in [3.63, 3.8) is 0 Å². The summed E-state index contributed by atoms with van der Waals surface area (Å²) in [7, 11) is 0. The van der Waals surface area contributed by atoms with Crippen LogP contribution in [0.15, 0.2) is 42.5 Å². The van der Waals surface area contributed by atoms with Gasteiger partial charge in [-0.25, -0.2) is 0 Å². The van der Waals surface area contributed by atoms with Crippen LogP contribution in [0.4, 0.5) is 0 Å². The smallest absolute Gasteiger partial charge is 0.305 e. The SMILES string of the molecule is CC(C)(C)C1CCC2(CC1)CN(Cc1ccc(Cl)c(Cl)c1)C(O)N2Cc1ccc(C(=O)NCCC(=O)O)cc1. The largest absolute Gasteiger partial charge is 0.481 e. The molecule has 1 saturated heterocycles. The predicted octanol–water partition coefficient (Wildman–Crippen LogP) is 5.77. The summed E-state index contributed by atoms with van der Waals surface area (Å²) in [6, 6.07) is 12.9. The monoisotopic (exact) mass is 575 g/mol. The van der Waals surface area contributed by atoms with E-state index >= 15 is 0 Å². The number of nitrogens with one attached hydrogen (secondary N) is 1. The summed E-state index contributed by atoms with van der Waals surface area (Å²) >= 11 is 12.4. The number of hydrogen-bond acceptors (Lipinski definition) is 5. The summed E-state index contributed by atoms with van der Waals surface area (Å²) in [6.45, 7) is 8.90. The molecule has 1 spiro atoms. The van der Waals surface area contributed by atoms with Crippen molar-refractivity contribution in [1.82, 2.24) is 15.1 Å². The van der Waals surface area contributed by atoms with Gasteiger partial charge in [0.2, 0.25) is 0 Å². The topological polar surface area (TPSA) is 93.1 Å². The minimum absolute atomic E-state index is 0.0859. The van der Waals surface area contributed by atoms with Crippen LogP contribution in [0.3, 0.4) is 0 Å². The Morgan fingerprint density at radius 1 is 1.00 bits per heavy atom. The molecule has 2 aliphatic rings. The average Bonchev–Trinajstić information content (AvgIpc) is 3.11. The van der Waals surface area contributed by atoms with Gasteiger partial charge >= 0.3 is 5.97 Å². The van der Waals surface area contributed by atoms with Gasteiger partial charge in [0.05, 0.1) is 16.5 Å². The van der Waals surface area contributed by atoms with Crippen LogP contribution in [-0.4, -0.2) is 56.9 Å². The van der Waals surface area contributed by atoms with E-state index in [1.54, 1.807) is 18.2 Å². The zero-order chi connectivity index (χ0) is 28.4. The number of carboxylic acid groups (broad SMARTS) is 1. The maximum Gasteiger partial charge on any atom is 0.305 e. The molecule has 1 unspecified atom stereocenters. The second-order valence-corrected chi connectivity index (χ2v) is 12.9. The average molecular weight is 577 g/mol. The van der Waals surface area contributed by atoms with Crippen LogP contribution in [-0.2, 0) is 17.9 Å². The Hall–Kier alpha value is -2.16. The molecule has 1 amide bonds. The molecule has 1 saturated carbocycles. The van der Waals surface area contributed by atoms with E-state index in [-0.39, 0.29) is 29.8 Å². The van der Waals surface area contributed by atoms with Gasteiger partial charge in [0, 0.05) is 37.3 Å². The van der Waals surface area contributed by atoms with E-state index < -0.39 is 12.3 Å². The highest BCUT2D eigenvalue weighted by Gasteiger charge is 2.51. The lowest BCUT2D eigenvalue weighted by molar-refractivity contribution is -0.136. The molecule has 2 aromatic carbocycles. The number of carbonyl (C=O) groups is 2. The van der Waals surface area contributed by atoms with Gasteiger partial charge in [-0.05, 0) is 72.4 Å². The number of aliphatic carboxylic acids is 1. The number of amides is 1. The zero-order valence-corrected chi connectivity index (χ0v) is 24.4. The molecule has 39 heavy (non-hydrogen) atoms. The van der Waals surface area contributed by atoms with Crippen molar-refractivity contribution in [2.75, 3.05) is 13.1 Å². The summed E-state index contributed by atoms with van der Waals surface area (Å²) in [5, 5.41) is 24.0. The number of nitrogens with zero attached hydrogens (tertiary/aromatic N) is 2. The molecule has 1 aliphatic carbocycles. The quantitative estimate of drug-likeness (QED) is 0.370. The Labute approximate surface area is 241 Å². The molecule has 0 radical (unpaired) electrons. The van der Waals surface area contributed by atoms with Crippen LogP contribution in [0.2, 0.25) is 10.0 Å². The first-order valence-electron chi connectivity index (χ1n) is 13.6. The maximum absolute atomic E-state index is 12.4. The first-order chi connectivity index (χ1) is 18.4. The minimum atomic E-state index is -0.950. The van der Waals surface area contributed by atoms with E-state index in [1.165, 1.54) is 0 Å². The number of benzene rings is 2. The molecule has 9 heteroatoms. The first kappa shape index (κ1) is 29.8. The fraction of sp³-hybridized carbons (Fsp3) is 0.533. The predicted molar refractivity (Wildman–Crippen MR) is 154 cm³/mol. The van der Waals surface area contributed by atoms with Crippen molar-refractivity contribution in [2.45, 2.75) is 77.9 Å². The number of carbonyl (C=O) groups excluding carboxylic acids is 1. The normalized spacial score (nSPS) is 24.3.